The number of fused-ring (bicyclic) bond motifs is 1. The second kappa shape index (κ2) is 3.57. The van der Waals surface area contributed by atoms with Crippen LogP contribution in [0.4, 0.5) is 0 Å². The number of hydrogen-bond donors (Lipinski definition) is 0. The predicted octanol–water partition coefficient (Wildman–Crippen LogP) is 2.58. The summed E-state index contributed by atoms with van der Waals surface area (Å²) in [6.45, 7) is 7.04. The summed E-state index contributed by atoms with van der Waals surface area (Å²) in [5, 5.41) is 0. The molecule has 0 unspecified atom stereocenters. The maximum Gasteiger partial charge on any atom is 0.167 e. The predicted molar refractivity (Wildman–Crippen MR) is 68.3 cm³/mol. The van der Waals surface area contributed by atoms with Crippen LogP contribution in [0.2, 0.25) is 0 Å². The smallest absolute Gasteiger partial charge is 0.167 e. The minimum atomic E-state index is -0.653. The Morgan fingerprint density at radius 1 is 1.28 bits per heavy atom. The molecule has 0 aromatic heterocycles. The van der Waals surface area contributed by atoms with E-state index in [-0.39, 0.29) is 16.8 Å². The fraction of sp³-hybridized carbons (Fsp3) is 0.933. The zero-order valence-electron chi connectivity index (χ0n) is 11.9. The van der Waals surface area contributed by atoms with Crippen molar-refractivity contribution in [2.24, 2.45) is 17.3 Å². The molecule has 1 heterocycles. The zero-order chi connectivity index (χ0) is 13.2. The monoisotopic (exact) mass is 252 g/mol. The number of Topliss-reactive ketones (excluding diaryl/α,β-unsaturated/α-hetero) is 1. The van der Waals surface area contributed by atoms with E-state index in [0.29, 0.717) is 24.9 Å². The van der Waals surface area contributed by atoms with Crippen molar-refractivity contribution in [1.29, 1.82) is 0 Å². The van der Waals surface area contributed by atoms with Crippen molar-refractivity contribution in [1.82, 2.24) is 0 Å². The number of carbonyl (C=O) groups is 1. The van der Waals surface area contributed by atoms with Crippen LogP contribution in [0.1, 0.15) is 46.5 Å². The van der Waals surface area contributed by atoms with Crippen LogP contribution in [-0.2, 0) is 14.3 Å². The molecule has 2 bridgehead atoms. The van der Waals surface area contributed by atoms with Crippen molar-refractivity contribution < 1.29 is 14.3 Å². The van der Waals surface area contributed by atoms with E-state index in [1.54, 1.807) is 7.11 Å². The van der Waals surface area contributed by atoms with Crippen LogP contribution >= 0.6 is 0 Å². The van der Waals surface area contributed by atoms with Crippen molar-refractivity contribution in [3.63, 3.8) is 0 Å². The maximum atomic E-state index is 12.6. The minimum Gasteiger partial charge on any atom is -0.372 e. The van der Waals surface area contributed by atoms with Gasteiger partial charge in [0.25, 0.3) is 0 Å². The van der Waals surface area contributed by atoms with Crippen LogP contribution in [0.25, 0.3) is 0 Å². The molecule has 3 nitrogen and oxygen atoms in total. The third kappa shape index (κ3) is 1.47. The molecule has 0 amide bonds. The second-order valence-corrected chi connectivity index (χ2v) is 7.35. The molecule has 0 spiro atoms. The highest BCUT2D eigenvalue weighted by Crippen LogP contribution is 2.59. The Hall–Kier alpha value is -0.410. The lowest BCUT2D eigenvalue weighted by Gasteiger charge is -2.61. The summed E-state index contributed by atoms with van der Waals surface area (Å²) in [7, 11) is 1.67. The van der Waals surface area contributed by atoms with Gasteiger partial charge in [0.05, 0.1) is 12.2 Å². The topological polar surface area (TPSA) is 35.5 Å². The molecule has 3 rings (SSSR count). The van der Waals surface area contributed by atoms with Gasteiger partial charge in [0.15, 0.2) is 11.4 Å². The van der Waals surface area contributed by atoms with E-state index >= 15 is 0 Å². The highest BCUT2D eigenvalue weighted by molar-refractivity contribution is 5.89. The maximum absolute atomic E-state index is 12.6. The summed E-state index contributed by atoms with van der Waals surface area (Å²) in [6.07, 6.45) is 4.08. The quantitative estimate of drug-likeness (QED) is 0.719. The number of methoxy groups -OCH3 is 1. The van der Waals surface area contributed by atoms with Gasteiger partial charge in [-0.05, 0) is 44.4 Å². The number of rotatable bonds is 1. The average molecular weight is 252 g/mol. The van der Waals surface area contributed by atoms with Gasteiger partial charge in [-0.1, -0.05) is 6.92 Å². The van der Waals surface area contributed by atoms with Gasteiger partial charge in [0.1, 0.15) is 0 Å². The molecule has 102 valence electrons. The van der Waals surface area contributed by atoms with E-state index < -0.39 is 5.60 Å². The van der Waals surface area contributed by atoms with E-state index in [0.717, 1.165) is 19.3 Å². The van der Waals surface area contributed by atoms with Crippen molar-refractivity contribution in [2.75, 3.05) is 13.7 Å². The van der Waals surface area contributed by atoms with Gasteiger partial charge >= 0.3 is 0 Å². The Morgan fingerprint density at radius 2 is 2.00 bits per heavy atom. The molecule has 0 aromatic carbocycles. The second-order valence-electron chi connectivity index (χ2n) is 7.35. The SMILES string of the molecule is CO[C@]12COC(C)(C)[C@@H]3CC[C@](C)(CC1=O)C[C@@H]32. The molecule has 0 N–H and O–H groups in total. The van der Waals surface area contributed by atoms with Crippen LogP contribution in [0, 0.1) is 17.3 Å². The summed E-state index contributed by atoms with van der Waals surface area (Å²) in [5.74, 6) is 1.05. The lowest BCUT2D eigenvalue weighted by Crippen LogP contribution is -2.68. The molecule has 4 atom stereocenters. The molecule has 3 fully saturated rings. The normalized spacial score (nSPS) is 50.1. The molecule has 2 saturated carbocycles. The highest BCUT2D eigenvalue weighted by atomic mass is 16.6. The fourth-order valence-electron chi connectivity index (χ4n) is 4.62. The molecule has 18 heavy (non-hydrogen) atoms. The summed E-state index contributed by atoms with van der Waals surface area (Å²) in [6, 6.07) is 0. The van der Waals surface area contributed by atoms with Crippen molar-refractivity contribution in [3.8, 4) is 0 Å². The largest absolute Gasteiger partial charge is 0.372 e. The van der Waals surface area contributed by atoms with Gasteiger partial charge in [-0.2, -0.15) is 0 Å². The van der Waals surface area contributed by atoms with Crippen molar-refractivity contribution >= 4 is 5.78 Å². The molecule has 0 aromatic rings. The van der Waals surface area contributed by atoms with Gasteiger partial charge in [-0.15, -0.1) is 0 Å². The summed E-state index contributed by atoms with van der Waals surface area (Å²) in [5.41, 5.74) is -0.570. The highest BCUT2D eigenvalue weighted by Gasteiger charge is 2.63. The zero-order valence-corrected chi connectivity index (χ0v) is 11.9. The lowest BCUT2D eigenvalue weighted by atomic mass is 9.50. The first-order valence-electron chi connectivity index (χ1n) is 7.05. The number of ether oxygens (including phenoxy) is 2. The van der Waals surface area contributed by atoms with Gasteiger partial charge in [0, 0.05) is 19.4 Å². The third-order valence-corrected chi connectivity index (χ3v) is 5.83. The molecule has 3 heteroatoms. The van der Waals surface area contributed by atoms with Gasteiger partial charge in [-0.3, -0.25) is 4.79 Å². The molecule has 3 aliphatic rings. The Morgan fingerprint density at radius 3 is 2.67 bits per heavy atom. The molecular formula is C15H24O3. The molecule has 1 aliphatic heterocycles. The first kappa shape index (κ1) is 12.6. The standard InChI is InChI=1S/C15H24O3/c1-13(2)10-5-6-14(3)7-11(10)15(17-4,9-18-13)12(16)8-14/h10-11H,5-9H2,1-4H3/t10-,11+,14+,15+/m1/s1. The van der Waals surface area contributed by atoms with Crippen LogP contribution in [0.15, 0.2) is 0 Å². The van der Waals surface area contributed by atoms with Gasteiger partial charge in [0.2, 0.25) is 0 Å². The van der Waals surface area contributed by atoms with E-state index in [2.05, 4.69) is 20.8 Å². The third-order valence-electron chi connectivity index (χ3n) is 5.83. The Labute approximate surface area is 109 Å². The molecule has 0 radical (unpaired) electrons. The van der Waals surface area contributed by atoms with Crippen molar-refractivity contribution in [2.45, 2.75) is 57.7 Å². The number of carbonyl (C=O) groups excluding carboxylic acids is 1. The molecule has 2 aliphatic carbocycles. The number of hydrogen-bond acceptors (Lipinski definition) is 3. The Kier molecular flexibility index (Phi) is 2.50. The van der Waals surface area contributed by atoms with Crippen LogP contribution in [-0.4, -0.2) is 30.7 Å². The van der Waals surface area contributed by atoms with Crippen LogP contribution in [0.3, 0.4) is 0 Å². The fourth-order valence-corrected chi connectivity index (χ4v) is 4.62. The lowest BCUT2D eigenvalue weighted by molar-refractivity contribution is -0.253. The molecular weight excluding hydrogens is 228 g/mol. The average Bonchev–Trinajstić information content (AvgIpc) is 2.27. The van der Waals surface area contributed by atoms with E-state index in [9.17, 15) is 4.79 Å². The summed E-state index contributed by atoms with van der Waals surface area (Å²) in [4.78, 5) is 12.6. The van der Waals surface area contributed by atoms with E-state index in [1.165, 1.54) is 0 Å². The number of ketones is 1. The minimum absolute atomic E-state index is 0.119. The van der Waals surface area contributed by atoms with E-state index in [4.69, 9.17) is 9.47 Å². The first-order chi connectivity index (χ1) is 8.33. The van der Waals surface area contributed by atoms with Crippen LogP contribution in [0.5, 0.6) is 0 Å². The van der Waals surface area contributed by atoms with Crippen molar-refractivity contribution in [3.05, 3.63) is 0 Å². The van der Waals surface area contributed by atoms with Gasteiger partial charge in [-0.25, -0.2) is 0 Å². The van der Waals surface area contributed by atoms with Gasteiger partial charge < -0.3 is 9.47 Å². The molecule has 1 saturated heterocycles. The Balaban J connectivity index is 2.05. The summed E-state index contributed by atoms with van der Waals surface area (Å²) >= 11 is 0. The first-order valence-corrected chi connectivity index (χ1v) is 7.05. The summed E-state index contributed by atoms with van der Waals surface area (Å²) < 4.78 is 11.7. The van der Waals surface area contributed by atoms with Crippen LogP contribution < -0.4 is 0 Å². The Bertz CT molecular complexity index is 389. The van der Waals surface area contributed by atoms with E-state index in [1.807, 2.05) is 0 Å².